The van der Waals surface area contributed by atoms with Gasteiger partial charge in [-0.05, 0) is 0 Å². The second kappa shape index (κ2) is 2.49. The van der Waals surface area contributed by atoms with Crippen molar-refractivity contribution in [3.05, 3.63) is 32.3 Å². The van der Waals surface area contributed by atoms with E-state index in [0.717, 1.165) is 0 Å². The molecule has 1 rings (SSSR count). The van der Waals surface area contributed by atoms with E-state index in [4.69, 9.17) is 0 Å². The fourth-order valence-corrected chi connectivity index (χ4v) is 0.570. The SMILES string of the molecule is O=Cc1[nH]c(=O)[nH]c(=O)c1F. The van der Waals surface area contributed by atoms with Crippen LogP contribution >= 0.6 is 0 Å². The Morgan fingerprint density at radius 2 is 1.91 bits per heavy atom. The summed E-state index contributed by atoms with van der Waals surface area (Å²) in [7, 11) is 0. The van der Waals surface area contributed by atoms with Crippen LogP contribution in [0.1, 0.15) is 10.5 Å². The number of rotatable bonds is 1. The van der Waals surface area contributed by atoms with Crippen LogP contribution in [-0.2, 0) is 0 Å². The third-order valence-corrected chi connectivity index (χ3v) is 1.03. The van der Waals surface area contributed by atoms with Crippen molar-refractivity contribution in [2.45, 2.75) is 0 Å². The highest BCUT2D eigenvalue weighted by molar-refractivity contribution is 5.71. The summed E-state index contributed by atoms with van der Waals surface area (Å²) in [6.45, 7) is 0. The van der Waals surface area contributed by atoms with Crippen molar-refractivity contribution in [3.63, 3.8) is 0 Å². The monoisotopic (exact) mass is 158 g/mol. The molecule has 5 nitrogen and oxygen atoms in total. The third-order valence-electron chi connectivity index (χ3n) is 1.03. The van der Waals surface area contributed by atoms with Gasteiger partial charge in [0.15, 0.2) is 6.29 Å². The lowest BCUT2D eigenvalue weighted by atomic mass is 10.4. The summed E-state index contributed by atoms with van der Waals surface area (Å²) >= 11 is 0. The Morgan fingerprint density at radius 3 is 2.45 bits per heavy atom. The Hall–Kier alpha value is -1.72. The number of nitrogens with one attached hydrogen (secondary N) is 2. The van der Waals surface area contributed by atoms with Crippen molar-refractivity contribution in [3.8, 4) is 0 Å². The fourth-order valence-electron chi connectivity index (χ4n) is 0.570. The predicted molar refractivity (Wildman–Crippen MR) is 33.0 cm³/mol. The van der Waals surface area contributed by atoms with E-state index in [9.17, 15) is 18.8 Å². The van der Waals surface area contributed by atoms with E-state index in [1.54, 1.807) is 4.98 Å². The van der Waals surface area contributed by atoms with Gasteiger partial charge in [-0.25, -0.2) is 4.79 Å². The van der Waals surface area contributed by atoms with Gasteiger partial charge < -0.3 is 4.98 Å². The van der Waals surface area contributed by atoms with Crippen LogP contribution in [0.25, 0.3) is 0 Å². The Bertz CT molecular complexity index is 391. The van der Waals surface area contributed by atoms with E-state index in [2.05, 4.69) is 0 Å². The molecular formula is C5H3FN2O3. The van der Waals surface area contributed by atoms with Crippen LogP contribution in [0, 0.1) is 5.82 Å². The molecule has 1 aromatic rings. The summed E-state index contributed by atoms with van der Waals surface area (Å²) in [4.78, 5) is 34.2. The van der Waals surface area contributed by atoms with Crippen LogP contribution in [0.2, 0.25) is 0 Å². The molecular weight excluding hydrogens is 155 g/mol. The summed E-state index contributed by atoms with van der Waals surface area (Å²) in [5.74, 6) is -1.28. The third kappa shape index (κ3) is 1.23. The minimum Gasteiger partial charge on any atom is -0.302 e. The van der Waals surface area contributed by atoms with Crippen LogP contribution in [0.3, 0.4) is 0 Å². The Morgan fingerprint density at radius 1 is 1.27 bits per heavy atom. The Kier molecular flexibility index (Phi) is 1.67. The van der Waals surface area contributed by atoms with E-state index in [-0.39, 0.29) is 6.29 Å². The molecule has 1 aromatic heterocycles. The largest absolute Gasteiger partial charge is 0.326 e. The van der Waals surface area contributed by atoms with Gasteiger partial charge in [-0.1, -0.05) is 0 Å². The lowest BCUT2D eigenvalue weighted by Gasteiger charge is -1.89. The van der Waals surface area contributed by atoms with Gasteiger partial charge in [0, 0.05) is 0 Å². The molecule has 0 saturated heterocycles. The number of hydrogen-bond donors (Lipinski definition) is 2. The van der Waals surface area contributed by atoms with Crippen molar-refractivity contribution in [2.75, 3.05) is 0 Å². The maximum absolute atomic E-state index is 12.4. The van der Waals surface area contributed by atoms with Gasteiger partial charge in [-0.3, -0.25) is 14.6 Å². The van der Waals surface area contributed by atoms with Crippen molar-refractivity contribution < 1.29 is 9.18 Å². The first kappa shape index (κ1) is 7.39. The molecule has 0 aliphatic carbocycles. The van der Waals surface area contributed by atoms with Crippen LogP contribution in [-0.4, -0.2) is 16.3 Å². The highest BCUT2D eigenvalue weighted by Gasteiger charge is 2.05. The van der Waals surface area contributed by atoms with Gasteiger partial charge in [0.25, 0.3) is 5.56 Å². The zero-order valence-corrected chi connectivity index (χ0v) is 5.18. The highest BCUT2D eigenvalue weighted by atomic mass is 19.1. The molecule has 2 N–H and O–H groups in total. The van der Waals surface area contributed by atoms with Crippen molar-refractivity contribution >= 4 is 6.29 Å². The maximum Gasteiger partial charge on any atom is 0.326 e. The Labute approximate surface area is 58.9 Å². The molecule has 0 fully saturated rings. The predicted octanol–water partition coefficient (Wildman–Crippen LogP) is -0.985. The number of hydrogen-bond acceptors (Lipinski definition) is 3. The number of aromatic nitrogens is 2. The quantitative estimate of drug-likeness (QED) is 0.515. The molecule has 6 heteroatoms. The summed E-state index contributed by atoms with van der Waals surface area (Å²) in [6, 6.07) is 0. The van der Waals surface area contributed by atoms with Crippen molar-refractivity contribution in [2.24, 2.45) is 0 Å². The molecule has 11 heavy (non-hydrogen) atoms. The second-order valence-corrected chi connectivity index (χ2v) is 1.75. The molecule has 0 aromatic carbocycles. The van der Waals surface area contributed by atoms with Gasteiger partial charge in [0.2, 0.25) is 5.82 Å². The first-order valence-electron chi connectivity index (χ1n) is 2.62. The molecule has 0 aliphatic rings. The van der Waals surface area contributed by atoms with Gasteiger partial charge in [-0.15, -0.1) is 0 Å². The molecule has 0 spiro atoms. The molecule has 0 radical (unpaired) electrons. The molecule has 0 aliphatic heterocycles. The number of aldehydes is 1. The number of halogens is 1. The second-order valence-electron chi connectivity index (χ2n) is 1.75. The Balaban J connectivity index is 3.61. The minimum atomic E-state index is -1.28. The van der Waals surface area contributed by atoms with Crippen molar-refractivity contribution in [1.29, 1.82) is 0 Å². The lowest BCUT2D eigenvalue weighted by molar-refractivity contribution is 0.111. The van der Waals surface area contributed by atoms with Crippen LogP contribution in [0.5, 0.6) is 0 Å². The van der Waals surface area contributed by atoms with Crippen LogP contribution < -0.4 is 11.2 Å². The fraction of sp³-hybridized carbons (Fsp3) is 0. The topological polar surface area (TPSA) is 82.8 Å². The first-order valence-corrected chi connectivity index (χ1v) is 2.62. The molecule has 0 atom stereocenters. The normalized spacial score (nSPS) is 9.55. The molecule has 0 saturated carbocycles. The number of carbonyl (C=O) groups is 1. The lowest BCUT2D eigenvalue weighted by Crippen LogP contribution is -2.27. The molecule has 0 amide bonds. The van der Waals surface area contributed by atoms with Crippen LogP contribution in [0.4, 0.5) is 4.39 Å². The standard InChI is InChI=1S/C5H3FN2O3/c6-3-2(1-9)7-5(11)8-4(3)10/h1H,(H2,7,8,10,11). The van der Waals surface area contributed by atoms with Crippen molar-refractivity contribution in [1.82, 2.24) is 9.97 Å². The number of aromatic amines is 2. The molecule has 1 heterocycles. The van der Waals surface area contributed by atoms with E-state index in [1.165, 1.54) is 0 Å². The van der Waals surface area contributed by atoms with E-state index >= 15 is 0 Å². The maximum atomic E-state index is 12.4. The van der Waals surface area contributed by atoms with E-state index < -0.39 is 22.8 Å². The van der Waals surface area contributed by atoms with Gasteiger partial charge in [0.1, 0.15) is 5.69 Å². The number of carbonyl (C=O) groups excluding carboxylic acids is 1. The first-order chi connectivity index (χ1) is 5.15. The minimum absolute atomic E-state index is 0.0615. The average molecular weight is 158 g/mol. The van der Waals surface area contributed by atoms with E-state index in [0.29, 0.717) is 0 Å². The number of H-pyrrole nitrogens is 2. The smallest absolute Gasteiger partial charge is 0.302 e. The summed E-state index contributed by atoms with van der Waals surface area (Å²) in [5, 5.41) is 0. The molecule has 0 bridgehead atoms. The molecule has 0 unspecified atom stereocenters. The van der Waals surface area contributed by atoms with Gasteiger partial charge in [-0.2, -0.15) is 4.39 Å². The van der Waals surface area contributed by atoms with E-state index in [1.807, 2.05) is 4.98 Å². The zero-order valence-electron chi connectivity index (χ0n) is 5.18. The summed E-state index contributed by atoms with van der Waals surface area (Å²) in [5.41, 5.74) is -2.74. The van der Waals surface area contributed by atoms with Crippen LogP contribution in [0.15, 0.2) is 9.59 Å². The average Bonchev–Trinajstić information content (AvgIpc) is 1.96. The highest BCUT2D eigenvalue weighted by Crippen LogP contribution is 1.87. The van der Waals surface area contributed by atoms with Gasteiger partial charge in [0.05, 0.1) is 0 Å². The summed E-state index contributed by atoms with van der Waals surface area (Å²) < 4.78 is 12.4. The zero-order chi connectivity index (χ0) is 8.43. The van der Waals surface area contributed by atoms with Gasteiger partial charge >= 0.3 is 5.69 Å². The molecule has 58 valence electrons. The summed E-state index contributed by atoms with van der Waals surface area (Å²) in [6.07, 6.45) is 0.0615.